The quantitative estimate of drug-likeness (QED) is 0.505. The molecule has 0 aliphatic carbocycles. The van der Waals surface area contributed by atoms with Crippen molar-refractivity contribution in [3.05, 3.63) is 69.5 Å². The van der Waals surface area contributed by atoms with Crippen molar-refractivity contribution in [2.75, 3.05) is 0 Å². The second-order valence-electron chi connectivity index (χ2n) is 4.03. The lowest BCUT2D eigenvalue weighted by atomic mass is 9.98. The van der Waals surface area contributed by atoms with E-state index in [0.717, 1.165) is 6.07 Å². The predicted octanol–water partition coefficient (Wildman–Crippen LogP) is 4.08. The predicted molar refractivity (Wildman–Crippen MR) is 63.7 cm³/mol. The molecule has 0 heterocycles. The van der Waals surface area contributed by atoms with Gasteiger partial charge >= 0.3 is 0 Å². The van der Waals surface area contributed by atoms with Crippen molar-refractivity contribution in [1.82, 2.24) is 0 Å². The van der Waals surface area contributed by atoms with E-state index in [1.54, 1.807) is 0 Å². The molecule has 0 spiro atoms. The molecule has 2 N–H and O–H groups in total. The first kappa shape index (κ1) is 14.7. The lowest BCUT2D eigenvalue weighted by molar-refractivity contribution is 0.437. The van der Waals surface area contributed by atoms with E-state index in [2.05, 4.69) is 0 Å². The van der Waals surface area contributed by atoms with Gasteiger partial charge < -0.3 is 5.73 Å². The molecule has 0 saturated heterocycles. The number of hydrogen-bond acceptors (Lipinski definition) is 1. The Morgan fingerprint density at radius 3 is 2.10 bits per heavy atom. The third-order valence-electron chi connectivity index (χ3n) is 2.77. The Kier molecular flexibility index (Phi) is 3.96. The summed E-state index contributed by atoms with van der Waals surface area (Å²) < 4.78 is 66.5. The molecule has 2 rings (SSSR count). The van der Waals surface area contributed by atoms with Gasteiger partial charge in [-0.25, -0.2) is 22.0 Å². The monoisotopic (exact) mass is 307 g/mol. The van der Waals surface area contributed by atoms with Gasteiger partial charge in [-0.2, -0.15) is 0 Å². The Morgan fingerprint density at radius 2 is 1.45 bits per heavy atom. The summed E-state index contributed by atoms with van der Waals surface area (Å²) in [6.07, 6.45) is 0. The minimum Gasteiger partial charge on any atom is -0.320 e. The van der Waals surface area contributed by atoms with Gasteiger partial charge in [-0.15, -0.1) is 0 Å². The highest BCUT2D eigenvalue weighted by Crippen LogP contribution is 2.29. The maximum Gasteiger partial charge on any atom is 0.194 e. The van der Waals surface area contributed by atoms with E-state index in [-0.39, 0.29) is 0 Å². The van der Waals surface area contributed by atoms with E-state index in [1.807, 2.05) is 0 Å². The van der Waals surface area contributed by atoms with Crippen molar-refractivity contribution in [3.63, 3.8) is 0 Å². The molecule has 0 aromatic heterocycles. The molecule has 2 aromatic rings. The SMILES string of the molecule is NC(c1cc(F)c(Cl)cc1F)c1ccc(F)c(F)c1F. The molecule has 1 unspecified atom stereocenters. The largest absolute Gasteiger partial charge is 0.320 e. The van der Waals surface area contributed by atoms with Gasteiger partial charge in [0.1, 0.15) is 11.6 Å². The normalized spacial score (nSPS) is 12.6. The fourth-order valence-corrected chi connectivity index (χ4v) is 1.88. The summed E-state index contributed by atoms with van der Waals surface area (Å²) in [5, 5.41) is -0.468. The van der Waals surface area contributed by atoms with Crippen LogP contribution in [0.1, 0.15) is 17.2 Å². The van der Waals surface area contributed by atoms with Gasteiger partial charge in [-0.1, -0.05) is 17.7 Å². The summed E-state index contributed by atoms with van der Waals surface area (Å²) in [4.78, 5) is 0. The van der Waals surface area contributed by atoms with E-state index in [4.69, 9.17) is 17.3 Å². The summed E-state index contributed by atoms with van der Waals surface area (Å²) in [7, 11) is 0. The maximum atomic E-state index is 13.7. The number of rotatable bonds is 2. The van der Waals surface area contributed by atoms with Crippen molar-refractivity contribution in [3.8, 4) is 0 Å². The van der Waals surface area contributed by atoms with Crippen molar-refractivity contribution in [2.24, 2.45) is 5.73 Å². The third-order valence-corrected chi connectivity index (χ3v) is 3.06. The minimum absolute atomic E-state index is 0.420. The molecule has 0 aliphatic heterocycles. The number of benzene rings is 2. The molecule has 0 radical (unpaired) electrons. The second-order valence-corrected chi connectivity index (χ2v) is 4.44. The highest BCUT2D eigenvalue weighted by atomic mass is 35.5. The number of halogens is 6. The Morgan fingerprint density at radius 1 is 0.800 bits per heavy atom. The maximum absolute atomic E-state index is 13.7. The highest BCUT2D eigenvalue weighted by molar-refractivity contribution is 6.30. The van der Waals surface area contributed by atoms with Crippen LogP contribution in [0, 0.1) is 29.1 Å². The van der Waals surface area contributed by atoms with Crippen LogP contribution in [0.3, 0.4) is 0 Å². The smallest absolute Gasteiger partial charge is 0.194 e. The van der Waals surface area contributed by atoms with E-state index in [9.17, 15) is 22.0 Å². The van der Waals surface area contributed by atoms with Gasteiger partial charge in [0.25, 0.3) is 0 Å². The lowest BCUT2D eigenvalue weighted by Gasteiger charge is -2.15. The molecule has 0 aliphatic rings. The third kappa shape index (κ3) is 2.48. The van der Waals surface area contributed by atoms with Crippen LogP contribution in [0.2, 0.25) is 5.02 Å². The summed E-state index contributed by atoms with van der Waals surface area (Å²) in [6, 6.07) is 1.37. The molecule has 1 nitrogen and oxygen atoms in total. The zero-order valence-corrected chi connectivity index (χ0v) is 10.5. The molecule has 0 bridgehead atoms. The van der Waals surface area contributed by atoms with Crippen LogP contribution < -0.4 is 5.73 Å². The van der Waals surface area contributed by atoms with Gasteiger partial charge in [-0.3, -0.25) is 0 Å². The van der Waals surface area contributed by atoms with E-state index in [0.29, 0.717) is 18.2 Å². The van der Waals surface area contributed by atoms with Crippen LogP contribution >= 0.6 is 11.6 Å². The van der Waals surface area contributed by atoms with Crippen LogP contribution in [-0.2, 0) is 0 Å². The number of nitrogens with two attached hydrogens (primary N) is 1. The van der Waals surface area contributed by atoms with E-state index < -0.39 is 51.3 Å². The van der Waals surface area contributed by atoms with Crippen LogP contribution in [-0.4, -0.2) is 0 Å². The molecule has 0 fully saturated rings. The first-order chi connectivity index (χ1) is 9.32. The summed E-state index contributed by atoms with van der Waals surface area (Å²) in [5.74, 6) is -6.61. The fourth-order valence-electron chi connectivity index (χ4n) is 1.72. The number of hydrogen-bond donors (Lipinski definition) is 1. The lowest BCUT2D eigenvalue weighted by Crippen LogP contribution is -2.17. The topological polar surface area (TPSA) is 26.0 Å². The zero-order chi connectivity index (χ0) is 15.0. The highest BCUT2D eigenvalue weighted by Gasteiger charge is 2.22. The molecular formula is C13H7ClF5N. The average molecular weight is 308 g/mol. The van der Waals surface area contributed by atoms with Crippen molar-refractivity contribution >= 4 is 11.6 Å². The zero-order valence-electron chi connectivity index (χ0n) is 9.73. The van der Waals surface area contributed by atoms with Crippen LogP contribution in [0.4, 0.5) is 22.0 Å². The first-order valence-corrected chi connectivity index (χ1v) is 5.74. The van der Waals surface area contributed by atoms with Crippen molar-refractivity contribution in [2.45, 2.75) is 6.04 Å². The molecule has 7 heteroatoms. The molecular weight excluding hydrogens is 301 g/mol. The van der Waals surface area contributed by atoms with Crippen LogP contribution in [0.5, 0.6) is 0 Å². The van der Waals surface area contributed by atoms with Gasteiger partial charge in [0.2, 0.25) is 0 Å². The Labute approximate surface area is 115 Å². The Balaban J connectivity index is 2.55. The fraction of sp³-hybridized carbons (Fsp3) is 0.0769. The molecule has 0 amide bonds. The second kappa shape index (κ2) is 5.38. The molecule has 1 atom stereocenters. The van der Waals surface area contributed by atoms with Crippen LogP contribution in [0.15, 0.2) is 24.3 Å². The van der Waals surface area contributed by atoms with Crippen LogP contribution in [0.25, 0.3) is 0 Å². The average Bonchev–Trinajstić information content (AvgIpc) is 2.40. The summed E-state index contributed by atoms with van der Waals surface area (Å²) >= 11 is 5.37. The van der Waals surface area contributed by atoms with E-state index >= 15 is 0 Å². The van der Waals surface area contributed by atoms with Crippen molar-refractivity contribution < 1.29 is 22.0 Å². The first-order valence-electron chi connectivity index (χ1n) is 5.36. The molecule has 0 saturated carbocycles. The van der Waals surface area contributed by atoms with Crippen molar-refractivity contribution in [1.29, 1.82) is 0 Å². The van der Waals surface area contributed by atoms with Gasteiger partial charge in [-0.05, 0) is 18.2 Å². The molecule has 20 heavy (non-hydrogen) atoms. The molecule has 2 aromatic carbocycles. The molecule has 106 valence electrons. The summed E-state index contributed by atoms with van der Waals surface area (Å²) in [6.45, 7) is 0. The Bertz CT molecular complexity index is 672. The van der Waals surface area contributed by atoms with Gasteiger partial charge in [0.05, 0.1) is 11.1 Å². The summed E-state index contributed by atoms with van der Waals surface area (Å²) in [5.41, 5.74) is 4.66. The minimum atomic E-state index is -1.73. The van der Waals surface area contributed by atoms with Gasteiger partial charge in [0, 0.05) is 11.1 Å². The van der Waals surface area contributed by atoms with E-state index in [1.165, 1.54) is 0 Å². The van der Waals surface area contributed by atoms with Gasteiger partial charge in [0.15, 0.2) is 17.5 Å². The Hall–Kier alpha value is -1.66. The standard InChI is InChI=1S/C13H7ClF5N/c14-7-4-9(16)6(3-10(7)17)13(20)5-1-2-8(15)12(19)11(5)18/h1-4,13H,20H2.